The third-order valence-corrected chi connectivity index (χ3v) is 2.81. The van der Waals surface area contributed by atoms with Crippen molar-refractivity contribution < 1.29 is 4.79 Å². The Morgan fingerprint density at radius 3 is 2.22 bits per heavy atom. The van der Waals surface area contributed by atoms with Crippen molar-refractivity contribution >= 4 is 18.3 Å². The topological polar surface area (TPSA) is 55.1 Å². The average Bonchev–Trinajstić information content (AvgIpc) is 2.14. The summed E-state index contributed by atoms with van der Waals surface area (Å²) in [5, 5.41) is 2.91. The molecule has 18 heavy (non-hydrogen) atoms. The van der Waals surface area contributed by atoms with Crippen LogP contribution < -0.4 is 11.1 Å². The maximum atomic E-state index is 11.5. The number of halogens is 1. The van der Waals surface area contributed by atoms with Gasteiger partial charge in [-0.15, -0.1) is 12.4 Å². The number of aryl methyl sites for hydroxylation is 3. The summed E-state index contributed by atoms with van der Waals surface area (Å²) in [6.45, 7) is 8.66. The van der Waals surface area contributed by atoms with E-state index in [2.05, 4.69) is 38.2 Å². The van der Waals surface area contributed by atoms with Gasteiger partial charge in [0, 0.05) is 19.0 Å². The molecule has 3 nitrogen and oxygen atoms in total. The highest BCUT2D eigenvalue weighted by atomic mass is 35.5. The molecule has 0 aliphatic rings. The van der Waals surface area contributed by atoms with Gasteiger partial charge < -0.3 is 11.1 Å². The van der Waals surface area contributed by atoms with Gasteiger partial charge in [-0.05, 0) is 44.4 Å². The molecule has 0 aliphatic carbocycles. The first-order valence-electron chi connectivity index (χ1n) is 5.99. The Hall–Kier alpha value is -1.06. The Morgan fingerprint density at radius 2 is 1.78 bits per heavy atom. The molecule has 1 unspecified atom stereocenters. The summed E-state index contributed by atoms with van der Waals surface area (Å²) in [6, 6.07) is 4.19. The van der Waals surface area contributed by atoms with Crippen LogP contribution in [-0.2, 0) is 11.3 Å². The third kappa shape index (κ3) is 5.07. The second-order valence-corrected chi connectivity index (χ2v) is 4.84. The van der Waals surface area contributed by atoms with E-state index in [4.69, 9.17) is 5.73 Å². The van der Waals surface area contributed by atoms with Crippen molar-refractivity contribution in [1.29, 1.82) is 0 Å². The van der Waals surface area contributed by atoms with Gasteiger partial charge in [-0.1, -0.05) is 17.7 Å². The Labute approximate surface area is 116 Å². The Kier molecular flexibility index (Phi) is 6.96. The van der Waals surface area contributed by atoms with Crippen molar-refractivity contribution in [2.24, 2.45) is 5.73 Å². The summed E-state index contributed by atoms with van der Waals surface area (Å²) in [7, 11) is 0. The molecule has 0 bridgehead atoms. The predicted octanol–water partition coefficient (Wildman–Crippen LogP) is 2.39. The summed E-state index contributed by atoms with van der Waals surface area (Å²) in [6.07, 6.45) is 0.379. The summed E-state index contributed by atoms with van der Waals surface area (Å²) < 4.78 is 0. The fourth-order valence-electron chi connectivity index (χ4n) is 2.04. The maximum Gasteiger partial charge on any atom is 0.221 e. The normalized spacial score (nSPS) is 11.6. The molecule has 0 saturated carbocycles. The Morgan fingerprint density at radius 1 is 1.28 bits per heavy atom. The van der Waals surface area contributed by atoms with E-state index in [0.29, 0.717) is 13.0 Å². The van der Waals surface area contributed by atoms with Crippen molar-refractivity contribution in [3.8, 4) is 0 Å². The first-order valence-corrected chi connectivity index (χ1v) is 5.99. The van der Waals surface area contributed by atoms with Crippen molar-refractivity contribution in [2.75, 3.05) is 0 Å². The fraction of sp³-hybridized carbons (Fsp3) is 0.500. The molecule has 0 aliphatic heterocycles. The molecule has 0 fully saturated rings. The highest BCUT2D eigenvalue weighted by molar-refractivity contribution is 5.85. The lowest BCUT2D eigenvalue weighted by atomic mass is 10.00. The monoisotopic (exact) mass is 270 g/mol. The van der Waals surface area contributed by atoms with Gasteiger partial charge in [0.25, 0.3) is 0 Å². The molecule has 1 aromatic rings. The minimum atomic E-state index is -0.0878. The van der Waals surface area contributed by atoms with E-state index in [1.54, 1.807) is 0 Å². The van der Waals surface area contributed by atoms with Crippen LogP contribution in [0.4, 0.5) is 0 Å². The minimum Gasteiger partial charge on any atom is -0.352 e. The lowest BCUT2D eigenvalue weighted by Crippen LogP contribution is -2.29. The molecule has 1 atom stereocenters. The van der Waals surface area contributed by atoms with Gasteiger partial charge >= 0.3 is 0 Å². The van der Waals surface area contributed by atoms with E-state index in [9.17, 15) is 4.79 Å². The van der Waals surface area contributed by atoms with E-state index < -0.39 is 0 Å². The first kappa shape index (κ1) is 16.9. The number of hydrogen-bond donors (Lipinski definition) is 2. The zero-order chi connectivity index (χ0) is 13.0. The van der Waals surface area contributed by atoms with Crippen molar-refractivity contribution in [3.05, 3.63) is 34.4 Å². The Balaban J connectivity index is 0.00000289. The first-order chi connectivity index (χ1) is 7.90. The molecule has 1 amide bonds. The van der Waals surface area contributed by atoms with E-state index in [0.717, 1.165) is 0 Å². The zero-order valence-corrected chi connectivity index (χ0v) is 12.4. The van der Waals surface area contributed by atoms with Crippen LogP contribution in [0.15, 0.2) is 12.1 Å². The van der Waals surface area contributed by atoms with Crippen LogP contribution in [0.1, 0.15) is 35.6 Å². The number of carbonyl (C=O) groups excluding carboxylic acids is 1. The Bertz CT molecular complexity index is 393. The molecule has 0 radical (unpaired) electrons. The summed E-state index contributed by atoms with van der Waals surface area (Å²) >= 11 is 0. The highest BCUT2D eigenvalue weighted by Gasteiger charge is 2.07. The van der Waals surface area contributed by atoms with Crippen LogP contribution >= 0.6 is 12.4 Å². The summed E-state index contributed by atoms with van der Waals surface area (Å²) in [4.78, 5) is 11.5. The van der Waals surface area contributed by atoms with Gasteiger partial charge in [-0.3, -0.25) is 4.79 Å². The fourth-order valence-corrected chi connectivity index (χ4v) is 2.04. The van der Waals surface area contributed by atoms with E-state index in [1.165, 1.54) is 22.3 Å². The molecule has 102 valence electrons. The van der Waals surface area contributed by atoms with Gasteiger partial charge in [-0.2, -0.15) is 0 Å². The zero-order valence-electron chi connectivity index (χ0n) is 11.5. The maximum absolute atomic E-state index is 11.5. The number of hydrogen-bond acceptors (Lipinski definition) is 2. The smallest absolute Gasteiger partial charge is 0.221 e. The predicted molar refractivity (Wildman–Crippen MR) is 78.0 cm³/mol. The molecule has 0 aromatic heterocycles. The summed E-state index contributed by atoms with van der Waals surface area (Å²) in [5.41, 5.74) is 10.5. The van der Waals surface area contributed by atoms with Crippen LogP contribution in [0.25, 0.3) is 0 Å². The molecule has 1 aromatic carbocycles. The number of nitrogens with two attached hydrogens (primary N) is 1. The van der Waals surface area contributed by atoms with E-state index in [-0.39, 0.29) is 24.4 Å². The van der Waals surface area contributed by atoms with Gasteiger partial charge in [0.05, 0.1) is 0 Å². The average molecular weight is 271 g/mol. The number of rotatable bonds is 4. The molecular weight excluding hydrogens is 248 g/mol. The van der Waals surface area contributed by atoms with Gasteiger partial charge in [0.15, 0.2) is 0 Å². The SMILES string of the molecule is Cc1cc(C)c(CNC(=O)CC(C)N)c(C)c1.Cl. The summed E-state index contributed by atoms with van der Waals surface area (Å²) in [5.74, 6) is 0.0133. The molecule has 4 heteroatoms. The molecule has 0 spiro atoms. The van der Waals surface area contributed by atoms with E-state index >= 15 is 0 Å². The number of amides is 1. The largest absolute Gasteiger partial charge is 0.352 e. The molecule has 1 rings (SSSR count). The van der Waals surface area contributed by atoms with Gasteiger partial charge in [0.2, 0.25) is 5.91 Å². The second kappa shape index (κ2) is 7.39. The van der Waals surface area contributed by atoms with Crippen LogP contribution in [0.5, 0.6) is 0 Å². The molecule has 0 saturated heterocycles. The van der Waals surface area contributed by atoms with Gasteiger partial charge in [0.1, 0.15) is 0 Å². The quantitative estimate of drug-likeness (QED) is 0.883. The minimum absolute atomic E-state index is 0. The van der Waals surface area contributed by atoms with Crippen LogP contribution in [0.2, 0.25) is 0 Å². The second-order valence-electron chi connectivity index (χ2n) is 4.84. The van der Waals surface area contributed by atoms with E-state index in [1.807, 2.05) is 6.92 Å². The number of nitrogens with one attached hydrogen (secondary N) is 1. The number of carbonyl (C=O) groups is 1. The van der Waals surface area contributed by atoms with Crippen molar-refractivity contribution in [1.82, 2.24) is 5.32 Å². The standard InChI is InChI=1S/C14H22N2O.ClH/c1-9-5-10(2)13(11(3)6-9)8-16-14(17)7-12(4)15;/h5-6,12H,7-8,15H2,1-4H3,(H,16,17);1H. The molecular formula is C14H23ClN2O. The van der Waals surface area contributed by atoms with Crippen molar-refractivity contribution in [2.45, 2.75) is 46.7 Å². The molecule has 3 N–H and O–H groups in total. The lowest BCUT2D eigenvalue weighted by molar-refractivity contribution is -0.121. The van der Waals surface area contributed by atoms with Crippen LogP contribution in [0, 0.1) is 20.8 Å². The number of benzene rings is 1. The van der Waals surface area contributed by atoms with Crippen LogP contribution in [-0.4, -0.2) is 11.9 Å². The lowest BCUT2D eigenvalue weighted by Gasteiger charge is -2.13. The van der Waals surface area contributed by atoms with Crippen molar-refractivity contribution in [3.63, 3.8) is 0 Å². The third-order valence-electron chi connectivity index (χ3n) is 2.81. The van der Waals surface area contributed by atoms with Crippen LogP contribution in [0.3, 0.4) is 0 Å². The van der Waals surface area contributed by atoms with Gasteiger partial charge in [-0.25, -0.2) is 0 Å². The highest BCUT2D eigenvalue weighted by Crippen LogP contribution is 2.15. The molecule has 0 heterocycles.